The lowest BCUT2D eigenvalue weighted by Gasteiger charge is -2.18. The number of amides is 2. The van der Waals surface area contributed by atoms with Crippen molar-refractivity contribution in [3.8, 4) is 11.5 Å². The predicted octanol–water partition coefficient (Wildman–Crippen LogP) is 2.45. The molecule has 0 aliphatic rings. The summed E-state index contributed by atoms with van der Waals surface area (Å²) in [6, 6.07) is 10.0. The zero-order valence-corrected chi connectivity index (χ0v) is 14.8. The van der Waals surface area contributed by atoms with Gasteiger partial charge < -0.3 is 20.1 Å². The first-order valence-electron chi connectivity index (χ1n) is 7.99. The summed E-state index contributed by atoms with van der Waals surface area (Å²) >= 11 is 0. The fourth-order valence-electron chi connectivity index (χ4n) is 2.41. The van der Waals surface area contributed by atoms with Gasteiger partial charge in [-0.3, -0.25) is 9.59 Å². The van der Waals surface area contributed by atoms with Gasteiger partial charge in [-0.1, -0.05) is 0 Å². The van der Waals surface area contributed by atoms with Crippen LogP contribution < -0.4 is 20.1 Å². The molecule has 2 rings (SSSR count). The Morgan fingerprint density at radius 3 is 2.38 bits per heavy atom. The normalized spacial score (nSPS) is 11.4. The summed E-state index contributed by atoms with van der Waals surface area (Å²) in [6.45, 7) is 1.60. The molecule has 0 aromatic heterocycles. The number of halogens is 1. The van der Waals surface area contributed by atoms with Crippen molar-refractivity contribution in [2.24, 2.45) is 0 Å². The molecule has 0 radical (unpaired) electrons. The van der Waals surface area contributed by atoms with Gasteiger partial charge >= 0.3 is 0 Å². The smallest absolute Gasteiger partial charge is 0.251 e. The van der Waals surface area contributed by atoms with Crippen LogP contribution in [0, 0.1) is 5.82 Å². The number of rotatable bonds is 7. The van der Waals surface area contributed by atoms with Crippen LogP contribution in [0.25, 0.3) is 0 Å². The van der Waals surface area contributed by atoms with Crippen molar-refractivity contribution in [3.05, 3.63) is 59.4 Å². The van der Waals surface area contributed by atoms with E-state index in [0.717, 1.165) is 5.56 Å². The van der Waals surface area contributed by atoms with Gasteiger partial charge in [0.05, 0.1) is 26.8 Å². The Morgan fingerprint density at radius 2 is 1.77 bits per heavy atom. The Hall–Kier alpha value is -3.09. The summed E-state index contributed by atoms with van der Waals surface area (Å²) in [5, 5.41) is 5.29. The summed E-state index contributed by atoms with van der Waals surface area (Å²) in [5.74, 6) is 0.0189. The maximum Gasteiger partial charge on any atom is 0.251 e. The summed E-state index contributed by atoms with van der Waals surface area (Å²) in [7, 11) is 3.10. The SMILES string of the molecule is COc1ccc(OC)c([C@@H](C)NC(=O)CNC(=O)c2ccc(F)cc2)c1. The highest BCUT2D eigenvalue weighted by Gasteiger charge is 2.16. The molecule has 0 aliphatic heterocycles. The number of hydrogen-bond acceptors (Lipinski definition) is 4. The van der Waals surface area contributed by atoms with Crippen LogP contribution >= 0.6 is 0 Å². The van der Waals surface area contributed by atoms with Gasteiger partial charge in [0.1, 0.15) is 17.3 Å². The highest BCUT2D eigenvalue weighted by molar-refractivity contribution is 5.96. The molecule has 0 bridgehead atoms. The molecule has 2 aromatic carbocycles. The van der Waals surface area contributed by atoms with Gasteiger partial charge in [-0.2, -0.15) is 0 Å². The molecule has 0 unspecified atom stereocenters. The van der Waals surface area contributed by atoms with Crippen molar-refractivity contribution in [3.63, 3.8) is 0 Å². The van der Waals surface area contributed by atoms with E-state index in [2.05, 4.69) is 10.6 Å². The molecule has 7 heteroatoms. The Balaban J connectivity index is 1.95. The van der Waals surface area contributed by atoms with E-state index in [-0.39, 0.29) is 24.1 Å². The molecule has 0 saturated heterocycles. The van der Waals surface area contributed by atoms with Gasteiger partial charge in [0.15, 0.2) is 0 Å². The standard InChI is InChI=1S/C19H21FN2O4/c1-12(16-10-15(25-2)8-9-17(16)26-3)22-18(23)11-21-19(24)13-4-6-14(20)7-5-13/h4-10,12H,11H2,1-3H3,(H,21,24)(H,22,23)/t12-/m1/s1. The van der Waals surface area contributed by atoms with Gasteiger partial charge in [0.2, 0.25) is 5.91 Å². The van der Waals surface area contributed by atoms with Crippen LogP contribution in [0.5, 0.6) is 11.5 Å². The van der Waals surface area contributed by atoms with Gasteiger partial charge in [-0.15, -0.1) is 0 Å². The summed E-state index contributed by atoms with van der Waals surface area (Å²) in [4.78, 5) is 24.1. The number of nitrogens with one attached hydrogen (secondary N) is 2. The van der Waals surface area contributed by atoms with Gasteiger partial charge in [-0.05, 0) is 49.4 Å². The highest BCUT2D eigenvalue weighted by atomic mass is 19.1. The lowest BCUT2D eigenvalue weighted by molar-refractivity contribution is -0.120. The molecule has 6 nitrogen and oxygen atoms in total. The van der Waals surface area contributed by atoms with Crippen molar-refractivity contribution in [1.82, 2.24) is 10.6 Å². The molecule has 26 heavy (non-hydrogen) atoms. The van der Waals surface area contributed by atoms with Crippen LogP contribution in [-0.4, -0.2) is 32.6 Å². The number of ether oxygens (including phenoxy) is 2. The zero-order valence-electron chi connectivity index (χ0n) is 14.8. The lowest BCUT2D eigenvalue weighted by atomic mass is 10.1. The lowest BCUT2D eigenvalue weighted by Crippen LogP contribution is -2.38. The van der Waals surface area contributed by atoms with Crippen LogP contribution in [-0.2, 0) is 4.79 Å². The van der Waals surface area contributed by atoms with E-state index < -0.39 is 11.7 Å². The maximum atomic E-state index is 12.9. The number of carbonyl (C=O) groups is 2. The van der Waals surface area contributed by atoms with Crippen LogP contribution in [0.15, 0.2) is 42.5 Å². The van der Waals surface area contributed by atoms with E-state index in [1.165, 1.54) is 24.3 Å². The first-order chi connectivity index (χ1) is 12.4. The van der Waals surface area contributed by atoms with Crippen molar-refractivity contribution in [2.75, 3.05) is 20.8 Å². The number of benzene rings is 2. The molecule has 2 amide bonds. The summed E-state index contributed by atoms with van der Waals surface area (Å²) in [6.07, 6.45) is 0. The summed E-state index contributed by atoms with van der Waals surface area (Å²) in [5.41, 5.74) is 1.03. The van der Waals surface area contributed by atoms with E-state index in [4.69, 9.17) is 9.47 Å². The fraction of sp³-hybridized carbons (Fsp3) is 0.263. The van der Waals surface area contributed by atoms with Crippen LogP contribution in [0.1, 0.15) is 28.9 Å². The van der Waals surface area contributed by atoms with Crippen molar-refractivity contribution in [2.45, 2.75) is 13.0 Å². The molecule has 0 saturated carbocycles. The molecule has 138 valence electrons. The minimum Gasteiger partial charge on any atom is -0.497 e. The third-order valence-corrected chi connectivity index (χ3v) is 3.80. The Bertz CT molecular complexity index is 778. The third kappa shape index (κ3) is 4.95. The average Bonchev–Trinajstić information content (AvgIpc) is 2.66. The van der Waals surface area contributed by atoms with Gasteiger partial charge in [0.25, 0.3) is 5.91 Å². The van der Waals surface area contributed by atoms with Crippen molar-refractivity contribution in [1.29, 1.82) is 0 Å². The number of methoxy groups -OCH3 is 2. The number of hydrogen-bond donors (Lipinski definition) is 2. The minimum atomic E-state index is -0.452. The van der Waals surface area contributed by atoms with Crippen LogP contribution in [0.3, 0.4) is 0 Å². The zero-order chi connectivity index (χ0) is 19.1. The number of carbonyl (C=O) groups excluding carboxylic acids is 2. The van der Waals surface area contributed by atoms with Crippen LogP contribution in [0.4, 0.5) is 4.39 Å². The minimum absolute atomic E-state index is 0.202. The van der Waals surface area contributed by atoms with Gasteiger partial charge in [-0.25, -0.2) is 4.39 Å². The van der Waals surface area contributed by atoms with Crippen LogP contribution in [0.2, 0.25) is 0 Å². The molecule has 0 aliphatic carbocycles. The monoisotopic (exact) mass is 360 g/mol. The van der Waals surface area contributed by atoms with Gasteiger partial charge in [0, 0.05) is 11.1 Å². The van der Waals surface area contributed by atoms with E-state index in [1.807, 2.05) is 0 Å². The Morgan fingerprint density at radius 1 is 1.08 bits per heavy atom. The molecule has 2 N–H and O–H groups in total. The fourth-order valence-corrected chi connectivity index (χ4v) is 2.41. The van der Waals surface area contributed by atoms with Crippen molar-refractivity contribution >= 4 is 11.8 Å². The second-order valence-electron chi connectivity index (χ2n) is 5.59. The van der Waals surface area contributed by atoms with E-state index in [9.17, 15) is 14.0 Å². The first kappa shape index (κ1) is 19.2. The second-order valence-corrected chi connectivity index (χ2v) is 5.59. The third-order valence-electron chi connectivity index (χ3n) is 3.80. The first-order valence-corrected chi connectivity index (χ1v) is 7.99. The molecule has 1 atom stereocenters. The molecular formula is C19H21FN2O4. The maximum absolute atomic E-state index is 12.9. The summed E-state index contributed by atoms with van der Waals surface area (Å²) < 4.78 is 23.4. The Kier molecular flexibility index (Phi) is 6.54. The molecule has 0 spiro atoms. The second kappa shape index (κ2) is 8.84. The molecular weight excluding hydrogens is 339 g/mol. The molecule has 0 fully saturated rings. The average molecular weight is 360 g/mol. The quantitative estimate of drug-likeness (QED) is 0.795. The predicted molar refractivity (Wildman–Crippen MR) is 94.8 cm³/mol. The largest absolute Gasteiger partial charge is 0.497 e. The topological polar surface area (TPSA) is 76.7 Å². The molecule has 2 aromatic rings. The highest BCUT2D eigenvalue weighted by Crippen LogP contribution is 2.29. The Labute approximate surface area is 151 Å². The van der Waals surface area contributed by atoms with E-state index in [0.29, 0.717) is 11.5 Å². The van der Waals surface area contributed by atoms with E-state index in [1.54, 1.807) is 39.3 Å². The van der Waals surface area contributed by atoms with E-state index >= 15 is 0 Å². The van der Waals surface area contributed by atoms with Crippen molar-refractivity contribution < 1.29 is 23.5 Å². The molecule has 0 heterocycles.